The van der Waals surface area contributed by atoms with Crippen LogP contribution in [0.25, 0.3) is 0 Å². The van der Waals surface area contributed by atoms with Crippen molar-refractivity contribution in [3.05, 3.63) is 28.8 Å². The van der Waals surface area contributed by atoms with Crippen LogP contribution < -0.4 is 5.26 Å². The van der Waals surface area contributed by atoms with Crippen molar-refractivity contribution in [1.29, 1.82) is 0 Å². The first-order chi connectivity index (χ1) is 7.97. The number of hydrogen-bond donors (Lipinski definition) is 0. The maximum absolute atomic E-state index is 9.99. The van der Waals surface area contributed by atoms with Crippen LogP contribution in [0.1, 0.15) is 56.2 Å². The summed E-state index contributed by atoms with van der Waals surface area (Å²) in [4.78, 5) is 0.997. The summed E-state index contributed by atoms with van der Waals surface area (Å²) in [7, 11) is 0. The van der Waals surface area contributed by atoms with E-state index in [0.717, 1.165) is 16.9 Å². The lowest BCUT2D eigenvalue weighted by Crippen LogP contribution is -2.04. The van der Waals surface area contributed by atoms with Crippen LogP contribution in [0, 0.1) is 6.92 Å². The molecule has 0 aliphatic heterocycles. The molecule has 3 nitrogen and oxygen atoms in total. The molecule has 0 unspecified atom stereocenters. The van der Waals surface area contributed by atoms with E-state index in [1.807, 2.05) is 0 Å². The maximum Gasteiger partial charge on any atom is 0.0680 e. The first-order valence-corrected chi connectivity index (χ1v) is 6.49. The SMILES string of the molecule is Cc1cc(C(C)C)c(SOO[O-])c(C(C)C)c1. The molecule has 0 saturated heterocycles. The molecular weight excluding hydrogens is 236 g/mol. The second kappa shape index (κ2) is 6.40. The second-order valence-corrected chi connectivity index (χ2v) is 5.51. The minimum absolute atomic E-state index is 0.380. The predicted molar refractivity (Wildman–Crippen MR) is 67.4 cm³/mol. The molecule has 0 aromatic heterocycles. The van der Waals surface area contributed by atoms with E-state index >= 15 is 0 Å². The molecule has 96 valence electrons. The molecule has 0 bridgehead atoms. The lowest BCUT2D eigenvalue weighted by atomic mass is 9.93. The van der Waals surface area contributed by atoms with Crippen molar-refractivity contribution in [2.75, 3.05) is 0 Å². The van der Waals surface area contributed by atoms with Gasteiger partial charge in [-0.1, -0.05) is 45.4 Å². The predicted octanol–water partition coefficient (Wildman–Crippen LogP) is 3.47. The van der Waals surface area contributed by atoms with Crippen LogP contribution in [-0.2, 0) is 9.37 Å². The Morgan fingerprint density at radius 3 is 1.88 bits per heavy atom. The third-order valence-corrected chi connectivity index (χ3v) is 3.44. The quantitative estimate of drug-likeness (QED) is 0.459. The monoisotopic (exact) mass is 255 g/mol. The van der Waals surface area contributed by atoms with Crippen LogP contribution in [0.3, 0.4) is 0 Å². The zero-order valence-corrected chi connectivity index (χ0v) is 11.8. The average molecular weight is 255 g/mol. The summed E-state index contributed by atoms with van der Waals surface area (Å²) in [5.74, 6) is 0.760. The second-order valence-electron chi connectivity index (χ2n) is 4.80. The number of benzene rings is 1. The average Bonchev–Trinajstić information content (AvgIpc) is 2.26. The Bertz CT molecular complexity index is 346. The van der Waals surface area contributed by atoms with Crippen LogP contribution in [0.2, 0.25) is 0 Å². The molecule has 0 N–H and O–H groups in total. The number of rotatable bonds is 5. The Balaban J connectivity index is 3.26. The van der Waals surface area contributed by atoms with Crippen molar-refractivity contribution < 1.29 is 14.6 Å². The van der Waals surface area contributed by atoms with E-state index in [2.05, 4.69) is 56.1 Å². The highest BCUT2D eigenvalue weighted by Gasteiger charge is 2.16. The first-order valence-electron chi connectivity index (χ1n) is 5.75. The summed E-state index contributed by atoms with van der Waals surface area (Å²) in [6.45, 7) is 10.6. The van der Waals surface area contributed by atoms with E-state index in [4.69, 9.17) is 0 Å². The van der Waals surface area contributed by atoms with Crippen molar-refractivity contribution >= 4 is 12.0 Å². The minimum atomic E-state index is 0.380. The van der Waals surface area contributed by atoms with Crippen molar-refractivity contribution in [1.82, 2.24) is 0 Å². The van der Waals surface area contributed by atoms with E-state index in [0.29, 0.717) is 11.8 Å². The van der Waals surface area contributed by atoms with Gasteiger partial charge in [-0.2, -0.15) is 4.33 Å². The summed E-state index contributed by atoms with van der Waals surface area (Å²) < 4.78 is 4.50. The summed E-state index contributed by atoms with van der Waals surface area (Å²) >= 11 is 1.00. The molecule has 1 rings (SSSR count). The van der Waals surface area contributed by atoms with Crippen molar-refractivity contribution in [3.8, 4) is 0 Å². The Morgan fingerprint density at radius 1 is 1.06 bits per heavy atom. The lowest BCUT2D eigenvalue weighted by molar-refractivity contribution is -0.777. The van der Waals surface area contributed by atoms with E-state index in [9.17, 15) is 5.26 Å². The Labute approximate surface area is 107 Å². The Kier molecular flexibility index (Phi) is 5.46. The van der Waals surface area contributed by atoms with Crippen LogP contribution in [0.4, 0.5) is 0 Å². The summed E-state index contributed by atoms with van der Waals surface area (Å²) in [6, 6.07) is 4.26. The Hall–Kier alpha value is -0.550. The molecule has 4 heteroatoms. The summed E-state index contributed by atoms with van der Waals surface area (Å²) in [5, 5.41) is 13.4. The Morgan fingerprint density at radius 2 is 1.53 bits per heavy atom. The molecule has 0 atom stereocenters. The van der Waals surface area contributed by atoms with Gasteiger partial charge in [0.1, 0.15) is 0 Å². The van der Waals surface area contributed by atoms with Gasteiger partial charge in [0.2, 0.25) is 0 Å². The number of aryl methyl sites for hydroxylation is 1. The van der Waals surface area contributed by atoms with Crippen LogP contribution in [0.5, 0.6) is 0 Å². The molecule has 0 amide bonds. The largest absolute Gasteiger partial charge is 0.691 e. The van der Waals surface area contributed by atoms with Crippen molar-refractivity contribution in [2.45, 2.75) is 51.3 Å². The van der Waals surface area contributed by atoms with E-state index < -0.39 is 0 Å². The summed E-state index contributed by atoms with van der Waals surface area (Å²) in [6.07, 6.45) is 0. The molecule has 0 aliphatic carbocycles. The van der Waals surface area contributed by atoms with Crippen LogP contribution in [0.15, 0.2) is 17.0 Å². The molecule has 17 heavy (non-hydrogen) atoms. The molecule has 0 aliphatic rings. The highest BCUT2D eigenvalue weighted by molar-refractivity contribution is 7.94. The molecule has 0 heterocycles. The first kappa shape index (κ1) is 14.5. The van der Waals surface area contributed by atoms with Gasteiger partial charge >= 0.3 is 0 Å². The maximum atomic E-state index is 9.99. The van der Waals surface area contributed by atoms with Gasteiger partial charge in [-0.25, -0.2) is 0 Å². The topological polar surface area (TPSA) is 41.5 Å². The standard InChI is InChI=1S/C13H20O3S/c1-8(2)11-6-10(5)7-12(9(3)4)13(11)17-16-15-14/h6-9,14H,1-5H3/p-1. The molecule has 0 saturated carbocycles. The van der Waals surface area contributed by atoms with Gasteiger partial charge in [-0.05, 0) is 29.9 Å². The zero-order valence-electron chi connectivity index (χ0n) is 10.9. The van der Waals surface area contributed by atoms with Gasteiger partial charge in [0.05, 0.1) is 12.0 Å². The fourth-order valence-corrected chi connectivity index (χ4v) is 2.71. The third-order valence-electron chi connectivity index (χ3n) is 2.68. The van der Waals surface area contributed by atoms with Crippen LogP contribution in [-0.4, -0.2) is 0 Å². The number of hydrogen-bond acceptors (Lipinski definition) is 4. The van der Waals surface area contributed by atoms with Gasteiger partial charge in [0.15, 0.2) is 0 Å². The van der Waals surface area contributed by atoms with E-state index in [-0.39, 0.29) is 0 Å². The summed E-state index contributed by atoms with van der Waals surface area (Å²) in [5.41, 5.74) is 3.61. The zero-order chi connectivity index (χ0) is 13.0. The molecule has 0 fully saturated rings. The fourth-order valence-electron chi connectivity index (χ4n) is 1.83. The van der Waals surface area contributed by atoms with Crippen molar-refractivity contribution in [3.63, 3.8) is 0 Å². The van der Waals surface area contributed by atoms with E-state index in [1.165, 1.54) is 16.7 Å². The van der Waals surface area contributed by atoms with Gasteiger partial charge < -0.3 is 5.26 Å². The van der Waals surface area contributed by atoms with Gasteiger partial charge in [-0.3, -0.25) is 5.04 Å². The van der Waals surface area contributed by atoms with Gasteiger partial charge in [0, 0.05) is 4.90 Å². The molecule has 1 aromatic rings. The van der Waals surface area contributed by atoms with Crippen LogP contribution >= 0.6 is 12.0 Å². The minimum Gasteiger partial charge on any atom is -0.691 e. The lowest BCUT2D eigenvalue weighted by Gasteiger charge is -2.19. The van der Waals surface area contributed by atoms with Gasteiger partial charge in [0.25, 0.3) is 0 Å². The molecule has 1 aromatic carbocycles. The molecule has 0 spiro atoms. The highest BCUT2D eigenvalue weighted by Crippen LogP contribution is 2.36. The van der Waals surface area contributed by atoms with E-state index in [1.54, 1.807) is 0 Å². The van der Waals surface area contributed by atoms with Crippen molar-refractivity contribution in [2.24, 2.45) is 0 Å². The fraction of sp³-hybridized carbons (Fsp3) is 0.538. The third kappa shape index (κ3) is 3.71. The highest BCUT2D eigenvalue weighted by atomic mass is 32.2. The molecule has 0 radical (unpaired) electrons. The smallest absolute Gasteiger partial charge is 0.0680 e. The normalized spacial score (nSPS) is 11.5. The van der Waals surface area contributed by atoms with Gasteiger partial charge in [-0.15, -0.1) is 0 Å². The molecular formula is C13H19O3S-.